The number of rotatable bonds is 8. The minimum absolute atomic E-state index is 0.109. The highest BCUT2D eigenvalue weighted by Crippen LogP contribution is 2.34. The normalized spacial score (nSPS) is 12.3. The third-order valence-corrected chi connectivity index (χ3v) is 4.67. The molecule has 0 aliphatic carbocycles. The molecule has 0 spiro atoms. The molecule has 7 nitrogen and oxygen atoms in total. The maximum absolute atomic E-state index is 11.8. The molecule has 0 heterocycles. The third-order valence-electron chi connectivity index (χ3n) is 3.56. The van der Waals surface area contributed by atoms with Gasteiger partial charge in [0.2, 0.25) is 0 Å². The van der Waals surface area contributed by atoms with E-state index in [1.807, 2.05) is 0 Å². The zero-order valence-corrected chi connectivity index (χ0v) is 16.4. The van der Waals surface area contributed by atoms with Crippen LogP contribution in [0.25, 0.3) is 0 Å². The van der Waals surface area contributed by atoms with E-state index in [4.69, 9.17) is 18.9 Å². The van der Waals surface area contributed by atoms with E-state index in [2.05, 4.69) is 0 Å². The molecule has 0 aliphatic rings. The molecule has 0 unspecified atom stereocenters. The Labute approximate surface area is 158 Å². The molecule has 8 heteroatoms. The van der Waals surface area contributed by atoms with Crippen molar-refractivity contribution in [3.63, 3.8) is 0 Å². The molecule has 0 fully saturated rings. The maximum Gasteiger partial charge on any atom is 0.337 e. The molecule has 0 aliphatic heterocycles. The molecule has 146 valence electrons. The Morgan fingerprint density at radius 3 is 2.44 bits per heavy atom. The number of hydrogen-bond acceptors (Lipinski definition) is 7. The largest absolute Gasteiger partial charge is 0.484 e. The van der Waals surface area contributed by atoms with Gasteiger partial charge in [-0.15, -0.1) is 0 Å². The van der Waals surface area contributed by atoms with Gasteiger partial charge in [-0.3, -0.25) is 0 Å². The number of esters is 1. The van der Waals surface area contributed by atoms with E-state index in [1.54, 1.807) is 32.2 Å². The van der Waals surface area contributed by atoms with Gasteiger partial charge in [0.1, 0.15) is 11.9 Å². The van der Waals surface area contributed by atoms with E-state index in [1.165, 1.54) is 31.4 Å². The lowest BCUT2D eigenvalue weighted by Gasteiger charge is -2.18. The first-order valence-corrected chi connectivity index (χ1v) is 9.99. The molecule has 0 bridgehead atoms. The Bertz CT molecular complexity index is 906. The molecule has 0 saturated carbocycles. The lowest BCUT2D eigenvalue weighted by molar-refractivity contribution is 0.0600. The predicted octanol–water partition coefficient (Wildman–Crippen LogP) is 3.08. The van der Waals surface area contributed by atoms with Gasteiger partial charge in [-0.05, 0) is 37.3 Å². The zero-order valence-electron chi connectivity index (χ0n) is 15.6. The summed E-state index contributed by atoms with van der Waals surface area (Å²) in [6, 6.07) is 10.8. The number of sulfone groups is 1. The Hall–Kier alpha value is -2.58. The average molecular weight is 394 g/mol. The van der Waals surface area contributed by atoms with Gasteiger partial charge >= 0.3 is 5.97 Å². The maximum atomic E-state index is 11.8. The molecule has 2 rings (SSSR count). The van der Waals surface area contributed by atoms with Crippen LogP contribution in [0.2, 0.25) is 0 Å². The zero-order chi connectivity index (χ0) is 20.0. The van der Waals surface area contributed by atoms with Crippen LogP contribution in [-0.2, 0) is 19.3 Å². The molecule has 1 atom stereocenters. The van der Waals surface area contributed by atoms with E-state index in [9.17, 15) is 13.2 Å². The quantitative estimate of drug-likeness (QED) is 0.636. The molecular formula is C19H22O7S. The van der Waals surface area contributed by atoms with Crippen molar-refractivity contribution in [2.75, 3.05) is 27.1 Å². The van der Waals surface area contributed by atoms with Crippen molar-refractivity contribution in [2.24, 2.45) is 0 Å². The molecule has 27 heavy (non-hydrogen) atoms. The van der Waals surface area contributed by atoms with Crippen molar-refractivity contribution in [3.8, 4) is 17.2 Å². The molecule has 0 saturated heterocycles. The smallest absolute Gasteiger partial charge is 0.337 e. The van der Waals surface area contributed by atoms with E-state index in [0.717, 1.165) is 6.26 Å². The molecule has 2 aromatic rings. The highest BCUT2D eigenvalue weighted by atomic mass is 32.2. The van der Waals surface area contributed by atoms with Crippen LogP contribution in [0.15, 0.2) is 47.4 Å². The van der Waals surface area contributed by atoms with Gasteiger partial charge in [0, 0.05) is 19.4 Å². The Morgan fingerprint density at radius 1 is 1.07 bits per heavy atom. The molecular weight excluding hydrogens is 372 g/mol. The van der Waals surface area contributed by atoms with Crippen molar-refractivity contribution < 1.29 is 32.2 Å². The number of hydrogen-bond donors (Lipinski definition) is 0. The summed E-state index contributed by atoms with van der Waals surface area (Å²) in [5.41, 5.74) is 0.331. The Balaban J connectivity index is 2.38. The first kappa shape index (κ1) is 20.7. The van der Waals surface area contributed by atoms with Crippen LogP contribution in [0.4, 0.5) is 0 Å². The van der Waals surface area contributed by atoms with Gasteiger partial charge in [-0.2, -0.15) is 0 Å². The average Bonchev–Trinajstić information content (AvgIpc) is 2.62. The predicted molar refractivity (Wildman–Crippen MR) is 99.4 cm³/mol. The summed E-state index contributed by atoms with van der Waals surface area (Å²) in [5, 5.41) is 0. The van der Waals surface area contributed by atoms with Gasteiger partial charge in [-0.1, -0.05) is 6.07 Å². The fraction of sp³-hybridized carbons (Fsp3) is 0.316. The second-order valence-electron chi connectivity index (χ2n) is 5.89. The van der Waals surface area contributed by atoms with E-state index in [0.29, 0.717) is 23.7 Å². The van der Waals surface area contributed by atoms with Crippen molar-refractivity contribution in [1.29, 1.82) is 0 Å². The number of carbonyl (C=O) groups is 1. The van der Waals surface area contributed by atoms with Crippen molar-refractivity contribution in [2.45, 2.75) is 17.9 Å². The van der Waals surface area contributed by atoms with E-state index >= 15 is 0 Å². The lowest BCUT2D eigenvalue weighted by Crippen LogP contribution is -2.18. The van der Waals surface area contributed by atoms with Crippen LogP contribution in [-0.4, -0.2) is 47.6 Å². The molecule has 0 amide bonds. The fourth-order valence-corrected chi connectivity index (χ4v) is 2.95. The first-order chi connectivity index (χ1) is 12.7. The summed E-state index contributed by atoms with van der Waals surface area (Å²) in [4.78, 5) is 11.8. The van der Waals surface area contributed by atoms with Crippen LogP contribution < -0.4 is 9.47 Å². The SMILES string of the molecule is COC[C@H](C)Oc1cc(S(C)(=O)=O)ccc1Oc1cccc(C(=O)OC)c1. The van der Waals surface area contributed by atoms with Gasteiger partial charge in [0.05, 0.1) is 24.2 Å². The minimum atomic E-state index is -3.41. The minimum Gasteiger partial charge on any atom is -0.484 e. The molecule has 0 aromatic heterocycles. The summed E-state index contributed by atoms with van der Waals surface area (Å²) in [6.07, 6.45) is 0.791. The summed E-state index contributed by atoms with van der Waals surface area (Å²) in [5.74, 6) is 0.464. The number of methoxy groups -OCH3 is 2. The van der Waals surface area contributed by atoms with Crippen LogP contribution in [0.5, 0.6) is 17.2 Å². The standard InChI is InChI=1S/C19H22O7S/c1-13(12-23-2)25-18-11-16(27(4,21)22)8-9-17(18)26-15-7-5-6-14(10-15)19(20)24-3/h5-11,13H,12H2,1-4H3/t13-/m0/s1. The number of ether oxygens (including phenoxy) is 4. The lowest BCUT2D eigenvalue weighted by atomic mass is 10.2. The van der Waals surface area contributed by atoms with Gasteiger partial charge in [0.15, 0.2) is 21.3 Å². The second kappa shape index (κ2) is 8.88. The van der Waals surface area contributed by atoms with Gasteiger partial charge in [0.25, 0.3) is 0 Å². The highest BCUT2D eigenvalue weighted by molar-refractivity contribution is 7.90. The molecule has 2 aromatic carbocycles. The summed E-state index contributed by atoms with van der Waals surface area (Å²) < 4.78 is 45.1. The Morgan fingerprint density at radius 2 is 1.81 bits per heavy atom. The van der Waals surface area contributed by atoms with Crippen LogP contribution in [0, 0.1) is 0 Å². The monoisotopic (exact) mass is 394 g/mol. The van der Waals surface area contributed by atoms with Gasteiger partial charge in [-0.25, -0.2) is 13.2 Å². The number of benzene rings is 2. The first-order valence-electron chi connectivity index (χ1n) is 8.10. The van der Waals surface area contributed by atoms with Crippen molar-refractivity contribution >= 4 is 15.8 Å². The van der Waals surface area contributed by atoms with E-state index in [-0.39, 0.29) is 16.7 Å². The van der Waals surface area contributed by atoms with Crippen molar-refractivity contribution in [1.82, 2.24) is 0 Å². The summed E-state index contributed by atoms with van der Waals surface area (Å²) in [7, 11) is -0.574. The third kappa shape index (κ3) is 5.70. The van der Waals surface area contributed by atoms with Crippen LogP contribution in [0.3, 0.4) is 0 Å². The molecule has 0 radical (unpaired) electrons. The van der Waals surface area contributed by atoms with Crippen LogP contribution >= 0.6 is 0 Å². The second-order valence-corrected chi connectivity index (χ2v) is 7.90. The van der Waals surface area contributed by atoms with Gasteiger partial charge < -0.3 is 18.9 Å². The van der Waals surface area contributed by atoms with Crippen LogP contribution in [0.1, 0.15) is 17.3 Å². The highest BCUT2D eigenvalue weighted by Gasteiger charge is 2.16. The Kier molecular flexibility index (Phi) is 6.81. The van der Waals surface area contributed by atoms with Crippen molar-refractivity contribution in [3.05, 3.63) is 48.0 Å². The summed E-state index contributed by atoms with van der Waals surface area (Å²) >= 11 is 0. The molecule has 0 N–H and O–H groups in total. The fourth-order valence-electron chi connectivity index (χ4n) is 2.31. The summed E-state index contributed by atoms with van der Waals surface area (Å²) in [6.45, 7) is 2.11. The topological polar surface area (TPSA) is 88.1 Å². The van der Waals surface area contributed by atoms with E-state index < -0.39 is 15.8 Å². The number of carbonyl (C=O) groups excluding carboxylic acids is 1.